The van der Waals surface area contributed by atoms with Crippen molar-refractivity contribution in [1.82, 2.24) is 0 Å². The normalized spacial score (nSPS) is 12.2. The lowest BCUT2D eigenvalue weighted by molar-refractivity contribution is 0.462. The molecule has 0 aromatic heterocycles. The Labute approximate surface area is 126 Å². The number of phenols is 1. The molecule has 0 heterocycles. The van der Waals surface area contributed by atoms with Gasteiger partial charge in [0.05, 0.1) is 6.04 Å². The second-order valence-corrected chi connectivity index (χ2v) is 5.67. The number of rotatable bonds is 4. The number of phenolic OH excluding ortho intramolecular Hbond substituents is 1. The van der Waals surface area contributed by atoms with Crippen molar-refractivity contribution in [2.45, 2.75) is 19.4 Å². The van der Waals surface area contributed by atoms with Crippen molar-refractivity contribution in [2.75, 3.05) is 5.32 Å². The van der Waals surface area contributed by atoms with E-state index in [2.05, 4.69) is 28.2 Å². The van der Waals surface area contributed by atoms with Crippen molar-refractivity contribution in [3.05, 3.63) is 57.5 Å². The Morgan fingerprint density at radius 3 is 2.74 bits per heavy atom. The highest BCUT2D eigenvalue weighted by Gasteiger charge is 2.14. The molecule has 0 aliphatic heterocycles. The first-order valence-corrected chi connectivity index (χ1v) is 7.27. The van der Waals surface area contributed by atoms with Gasteiger partial charge in [0, 0.05) is 20.7 Å². The maximum Gasteiger partial charge on any atom is 0.120 e. The van der Waals surface area contributed by atoms with E-state index >= 15 is 0 Å². The van der Waals surface area contributed by atoms with E-state index in [0.29, 0.717) is 10.8 Å². The molecule has 0 fully saturated rings. The van der Waals surface area contributed by atoms with Crippen molar-refractivity contribution in [3.63, 3.8) is 0 Å². The molecule has 100 valence electrons. The molecule has 2 aromatic rings. The van der Waals surface area contributed by atoms with Gasteiger partial charge in [0.1, 0.15) is 5.75 Å². The van der Waals surface area contributed by atoms with Crippen LogP contribution in [0.3, 0.4) is 0 Å². The summed E-state index contributed by atoms with van der Waals surface area (Å²) in [5.41, 5.74) is 1.82. The topological polar surface area (TPSA) is 32.3 Å². The number of halogens is 2. The first kappa shape index (κ1) is 14.2. The average Bonchev–Trinajstić information content (AvgIpc) is 2.39. The van der Waals surface area contributed by atoms with Gasteiger partial charge in [-0.15, -0.1) is 0 Å². The van der Waals surface area contributed by atoms with Crippen LogP contribution in [-0.4, -0.2) is 5.11 Å². The summed E-state index contributed by atoms with van der Waals surface area (Å²) in [4.78, 5) is 0. The Balaban J connectivity index is 2.27. The first-order valence-electron chi connectivity index (χ1n) is 6.10. The van der Waals surface area contributed by atoms with Gasteiger partial charge in [-0.2, -0.15) is 0 Å². The Morgan fingerprint density at radius 2 is 2.05 bits per heavy atom. The molecule has 2 N–H and O–H groups in total. The Morgan fingerprint density at radius 1 is 1.26 bits per heavy atom. The molecule has 1 unspecified atom stereocenters. The summed E-state index contributed by atoms with van der Waals surface area (Å²) in [5, 5.41) is 14.1. The van der Waals surface area contributed by atoms with Crippen LogP contribution in [0.25, 0.3) is 0 Å². The van der Waals surface area contributed by atoms with Crippen LogP contribution in [0.15, 0.2) is 46.9 Å². The minimum absolute atomic E-state index is 0.0379. The number of nitrogens with one attached hydrogen (secondary N) is 1. The van der Waals surface area contributed by atoms with Crippen molar-refractivity contribution in [2.24, 2.45) is 0 Å². The molecule has 0 amide bonds. The molecule has 0 aliphatic rings. The Hall–Kier alpha value is -1.19. The highest BCUT2D eigenvalue weighted by atomic mass is 79.9. The number of hydrogen-bond acceptors (Lipinski definition) is 2. The lowest BCUT2D eigenvalue weighted by atomic mass is 10.0. The lowest BCUT2D eigenvalue weighted by Gasteiger charge is -2.20. The van der Waals surface area contributed by atoms with Crippen LogP contribution >= 0.6 is 27.5 Å². The van der Waals surface area contributed by atoms with E-state index < -0.39 is 0 Å². The summed E-state index contributed by atoms with van der Waals surface area (Å²) in [5.74, 6) is 0.296. The van der Waals surface area contributed by atoms with Gasteiger partial charge in [-0.3, -0.25) is 0 Å². The molecule has 2 nitrogen and oxygen atoms in total. The van der Waals surface area contributed by atoms with Crippen molar-refractivity contribution in [3.8, 4) is 5.75 Å². The smallest absolute Gasteiger partial charge is 0.120 e. The van der Waals surface area contributed by atoms with Gasteiger partial charge in [0.25, 0.3) is 0 Å². The minimum atomic E-state index is 0.0379. The number of benzene rings is 2. The molecule has 0 saturated carbocycles. The lowest BCUT2D eigenvalue weighted by Crippen LogP contribution is -2.09. The zero-order valence-corrected chi connectivity index (χ0v) is 12.9. The molecule has 0 aliphatic carbocycles. The fraction of sp³-hybridized carbons (Fsp3) is 0.200. The van der Waals surface area contributed by atoms with Gasteiger partial charge in [-0.05, 0) is 42.8 Å². The Bertz CT molecular complexity index is 574. The molecular weight excluding hydrogens is 326 g/mol. The van der Waals surface area contributed by atoms with Crippen LogP contribution in [0, 0.1) is 0 Å². The maximum atomic E-state index is 9.98. The SMILES string of the molecule is CCC(Nc1cccc(Cl)c1)c1cc(Br)ccc1O. The quantitative estimate of drug-likeness (QED) is 0.784. The summed E-state index contributed by atoms with van der Waals surface area (Å²) in [7, 11) is 0. The van der Waals surface area contributed by atoms with Crippen molar-refractivity contribution >= 4 is 33.2 Å². The summed E-state index contributed by atoms with van der Waals surface area (Å²) >= 11 is 9.41. The molecule has 4 heteroatoms. The van der Waals surface area contributed by atoms with Gasteiger partial charge in [-0.1, -0.05) is 40.5 Å². The standard InChI is InChI=1S/C15H15BrClNO/c1-2-14(13-8-10(16)6-7-15(13)19)18-12-5-3-4-11(17)9-12/h3-9,14,18-19H,2H2,1H3. The summed E-state index contributed by atoms with van der Waals surface area (Å²) in [6, 6.07) is 13.1. The van der Waals surface area contributed by atoms with Crippen molar-refractivity contribution in [1.29, 1.82) is 0 Å². The summed E-state index contributed by atoms with van der Waals surface area (Å²) in [6.45, 7) is 2.07. The molecule has 0 bridgehead atoms. The fourth-order valence-electron chi connectivity index (χ4n) is 1.98. The fourth-order valence-corrected chi connectivity index (χ4v) is 2.55. The monoisotopic (exact) mass is 339 g/mol. The number of anilines is 1. The molecular formula is C15H15BrClNO. The van der Waals surface area contributed by atoms with E-state index in [1.54, 1.807) is 6.07 Å². The molecule has 1 atom stereocenters. The van der Waals surface area contributed by atoms with Gasteiger partial charge in [-0.25, -0.2) is 0 Å². The van der Waals surface area contributed by atoms with Crippen LogP contribution in [0.2, 0.25) is 5.02 Å². The molecule has 2 aromatic carbocycles. The van der Waals surface area contributed by atoms with Gasteiger partial charge in [0.15, 0.2) is 0 Å². The molecule has 0 saturated heterocycles. The van der Waals surface area contributed by atoms with Crippen LogP contribution in [-0.2, 0) is 0 Å². The summed E-state index contributed by atoms with van der Waals surface area (Å²) < 4.78 is 0.951. The summed E-state index contributed by atoms with van der Waals surface area (Å²) in [6.07, 6.45) is 0.858. The van der Waals surface area contributed by atoms with E-state index in [4.69, 9.17) is 11.6 Å². The van der Waals surface area contributed by atoms with Gasteiger partial charge < -0.3 is 10.4 Å². The van der Waals surface area contributed by atoms with Gasteiger partial charge in [0.2, 0.25) is 0 Å². The predicted molar refractivity (Wildman–Crippen MR) is 83.9 cm³/mol. The van der Waals surface area contributed by atoms with Crippen LogP contribution in [0.1, 0.15) is 24.9 Å². The zero-order valence-electron chi connectivity index (χ0n) is 10.5. The highest BCUT2D eigenvalue weighted by molar-refractivity contribution is 9.10. The van der Waals surface area contributed by atoms with E-state index in [1.165, 1.54) is 0 Å². The highest BCUT2D eigenvalue weighted by Crippen LogP contribution is 2.32. The first-order chi connectivity index (χ1) is 9.10. The van der Waals surface area contributed by atoms with E-state index in [0.717, 1.165) is 22.1 Å². The van der Waals surface area contributed by atoms with Crippen LogP contribution < -0.4 is 5.32 Å². The number of aromatic hydroxyl groups is 1. The predicted octanol–water partition coefficient (Wildman–Crippen LogP) is 5.37. The maximum absolute atomic E-state index is 9.98. The van der Waals surface area contributed by atoms with Crippen LogP contribution in [0.5, 0.6) is 5.75 Å². The molecule has 19 heavy (non-hydrogen) atoms. The second kappa shape index (κ2) is 6.31. The largest absolute Gasteiger partial charge is 0.508 e. The minimum Gasteiger partial charge on any atom is -0.508 e. The van der Waals surface area contributed by atoms with Crippen LogP contribution in [0.4, 0.5) is 5.69 Å². The number of hydrogen-bond donors (Lipinski definition) is 2. The Kier molecular flexibility index (Phi) is 4.72. The third kappa shape index (κ3) is 3.64. The molecule has 0 spiro atoms. The third-order valence-corrected chi connectivity index (χ3v) is 3.67. The van der Waals surface area contributed by atoms with Crippen molar-refractivity contribution < 1.29 is 5.11 Å². The average molecular weight is 341 g/mol. The molecule has 2 rings (SSSR count). The van der Waals surface area contributed by atoms with Gasteiger partial charge >= 0.3 is 0 Å². The van der Waals surface area contributed by atoms with E-state index in [9.17, 15) is 5.11 Å². The molecule has 0 radical (unpaired) electrons. The second-order valence-electron chi connectivity index (χ2n) is 4.32. The van der Waals surface area contributed by atoms with E-state index in [1.807, 2.05) is 36.4 Å². The van der Waals surface area contributed by atoms with E-state index in [-0.39, 0.29) is 6.04 Å². The third-order valence-electron chi connectivity index (χ3n) is 2.94. The zero-order chi connectivity index (χ0) is 13.8.